The first kappa shape index (κ1) is 19.2. The summed E-state index contributed by atoms with van der Waals surface area (Å²) in [5.74, 6) is 0.869. The number of nitriles is 1. The molecule has 3 aromatic rings. The van der Waals surface area contributed by atoms with Crippen molar-refractivity contribution < 1.29 is 17.7 Å². The molecule has 9 heteroatoms. The number of nitrogens with zero attached hydrogens (tertiary/aromatic N) is 2. The van der Waals surface area contributed by atoms with Gasteiger partial charge in [0.2, 0.25) is 0 Å². The van der Waals surface area contributed by atoms with Crippen molar-refractivity contribution >= 4 is 31.8 Å². The predicted molar refractivity (Wildman–Crippen MR) is 113 cm³/mol. The molecule has 0 bridgehead atoms. The van der Waals surface area contributed by atoms with Gasteiger partial charge in [-0.2, -0.15) is 5.26 Å². The number of fused-ring (bicyclic) bond motifs is 4. The van der Waals surface area contributed by atoms with Crippen molar-refractivity contribution in [1.82, 2.24) is 5.16 Å². The number of benzene rings is 2. The molecule has 30 heavy (non-hydrogen) atoms. The van der Waals surface area contributed by atoms with Gasteiger partial charge in [0.15, 0.2) is 11.6 Å². The molecule has 7 nitrogen and oxygen atoms in total. The van der Waals surface area contributed by atoms with E-state index in [1.54, 1.807) is 0 Å². The molecule has 0 unspecified atom stereocenters. The van der Waals surface area contributed by atoms with Gasteiger partial charge in [0.1, 0.15) is 10.6 Å². The number of rotatable bonds is 4. The highest BCUT2D eigenvalue weighted by Gasteiger charge is 2.50. The number of methoxy groups -OCH3 is 1. The van der Waals surface area contributed by atoms with Gasteiger partial charge in [-0.1, -0.05) is 27.2 Å². The number of hydrogen-bond acceptors (Lipinski definition) is 6. The first-order chi connectivity index (χ1) is 14.4. The minimum absolute atomic E-state index is 0.0148. The second kappa shape index (κ2) is 6.59. The van der Waals surface area contributed by atoms with Crippen LogP contribution in [0.3, 0.4) is 0 Å². The van der Waals surface area contributed by atoms with Crippen LogP contribution in [0.4, 0.5) is 5.82 Å². The van der Waals surface area contributed by atoms with Crippen LogP contribution in [0.15, 0.2) is 50.3 Å². The van der Waals surface area contributed by atoms with Crippen LogP contribution >= 0.6 is 15.9 Å². The molecule has 1 fully saturated rings. The van der Waals surface area contributed by atoms with Crippen LogP contribution in [0.2, 0.25) is 0 Å². The number of halogens is 1. The second-order valence-corrected chi connectivity index (χ2v) is 10.1. The number of sulfonamides is 1. The molecule has 1 N–H and O–H groups in total. The normalized spacial score (nSPS) is 15.8. The van der Waals surface area contributed by atoms with E-state index in [-0.39, 0.29) is 21.9 Å². The molecule has 2 aliphatic rings. The maximum absolute atomic E-state index is 13.1. The molecular formula is C21H16BrN3O4S. The van der Waals surface area contributed by atoms with Crippen molar-refractivity contribution in [3.05, 3.63) is 57.6 Å². The Hall–Kier alpha value is -2.83. The molecule has 2 aromatic carbocycles. The molecule has 1 heterocycles. The third-order valence-corrected chi connectivity index (χ3v) is 7.64. The fourth-order valence-electron chi connectivity index (χ4n) is 4.10. The van der Waals surface area contributed by atoms with Gasteiger partial charge in [0, 0.05) is 21.0 Å². The summed E-state index contributed by atoms with van der Waals surface area (Å²) < 4.78 is 40.4. The van der Waals surface area contributed by atoms with E-state index in [1.165, 1.54) is 30.9 Å². The third kappa shape index (κ3) is 2.90. The topological polar surface area (TPSA) is 105 Å². The highest BCUT2D eigenvalue weighted by molar-refractivity contribution is 9.10. The number of hydrogen-bond donors (Lipinski definition) is 1. The van der Waals surface area contributed by atoms with Crippen LogP contribution < -0.4 is 9.46 Å². The van der Waals surface area contributed by atoms with Gasteiger partial charge in [-0.25, -0.2) is 8.42 Å². The molecule has 0 atom stereocenters. The van der Waals surface area contributed by atoms with Crippen LogP contribution in [0.25, 0.3) is 11.3 Å². The van der Waals surface area contributed by atoms with Crippen molar-refractivity contribution in [2.75, 3.05) is 11.8 Å². The minimum Gasteiger partial charge on any atom is -0.495 e. The van der Waals surface area contributed by atoms with Crippen molar-refractivity contribution in [3.8, 4) is 23.1 Å². The summed E-state index contributed by atoms with van der Waals surface area (Å²) >= 11 is 3.50. The van der Waals surface area contributed by atoms with E-state index in [4.69, 9.17) is 14.5 Å². The van der Waals surface area contributed by atoms with Gasteiger partial charge in [-0.15, -0.1) is 0 Å². The van der Waals surface area contributed by atoms with Crippen LogP contribution in [-0.4, -0.2) is 20.7 Å². The molecule has 0 aliphatic heterocycles. The summed E-state index contributed by atoms with van der Waals surface area (Å²) in [5, 5.41) is 13.1. The second-order valence-electron chi connectivity index (χ2n) is 7.57. The van der Waals surface area contributed by atoms with E-state index in [9.17, 15) is 8.42 Å². The summed E-state index contributed by atoms with van der Waals surface area (Å²) in [6, 6.07) is 12.2. The molecule has 0 radical (unpaired) electrons. The smallest absolute Gasteiger partial charge is 0.266 e. The maximum atomic E-state index is 13.1. The van der Waals surface area contributed by atoms with Crippen LogP contribution in [0.5, 0.6) is 5.75 Å². The average Bonchev–Trinajstić information content (AvgIpc) is 3.40. The van der Waals surface area contributed by atoms with Gasteiger partial charge in [-0.05, 0) is 55.2 Å². The van der Waals surface area contributed by atoms with Crippen molar-refractivity contribution in [3.63, 3.8) is 0 Å². The third-order valence-electron chi connectivity index (χ3n) is 5.77. The van der Waals surface area contributed by atoms with Gasteiger partial charge in [-0.3, -0.25) is 4.72 Å². The molecular weight excluding hydrogens is 470 g/mol. The van der Waals surface area contributed by atoms with E-state index in [1.807, 2.05) is 18.2 Å². The SMILES string of the molecule is COc1cc(C#N)ccc1S(=O)(=O)Nc1noc2c1CC1(CC1)c1ccc(Br)cc1-2. The molecule has 5 rings (SSSR count). The van der Waals surface area contributed by atoms with Crippen molar-refractivity contribution in [2.24, 2.45) is 0 Å². The Morgan fingerprint density at radius 2 is 2.07 bits per heavy atom. The lowest BCUT2D eigenvalue weighted by Gasteiger charge is -2.24. The Morgan fingerprint density at radius 3 is 2.77 bits per heavy atom. The Morgan fingerprint density at radius 1 is 1.27 bits per heavy atom. The molecule has 0 amide bonds. The summed E-state index contributed by atoms with van der Waals surface area (Å²) in [6.45, 7) is 0. The molecule has 0 saturated heterocycles. The lowest BCUT2D eigenvalue weighted by Crippen LogP contribution is -2.20. The molecule has 152 valence electrons. The first-order valence-corrected chi connectivity index (χ1v) is 11.5. The lowest BCUT2D eigenvalue weighted by molar-refractivity contribution is 0.402. The zero-order chi connectivity index (χ0) is 21.1. The Labute approximate surface area is 181 Å². The number of nitrogens with one attached hydrogen (secondary N) is 1. The minimum atomic E-state index is -4.00. The zero-order valence-electron chi connectivity index (χ0n) is 15.9. The molecule has 1 aromatic heterocycles. The van der Waals surface area contributed by atoms with Crippen LogP contribution in [0.1, 0.15) is 29.5 Å². The van der Waals surface area contributed by atoms with Crippen molar-refractivity contribution in [1.29, 1.82) is 5.26 Å². The van der Waals surface area contributed by atoms with Gasteiger partial charge < -0.3 is 9.26 Å². The summed E-state index contributed by atoms with van der Waals surface area (Å²) in [4.78, 5) is -0.0687. The molecule has 2 aliphatic carbocycles. The molecule has 1 saturated carbocycles. The summed E-state index contributed by atoms with van der Waals surface area (Å²) in [6.07, 6.45) is 2.76. The Kier molecular flexibility index (Phi) is 4.21. The van der Waals surface area contributed by atoms with Gasteiger partial charge >= 0.3 is 0 Å². The first-order valence-electron chi connectivity index (χ1n) is 9.27. The number of aromatic nitrogens is 1. The fraction of sp³-hybridized carbons (Fsp3) is 0.238. The van der Waals surface area contributed by atoms with E-state index >= 15 is 0 Å². The summed E-state index contributed by atoms with van der Waals surface area (Å²) in [7, 11) is -2.64. The van der Waals surface area contributed by atoms with Crippen LogP contribution in [0, 0.1) is 11.3 Å². The maximum Gasteiger partial charge on any atom is 0.266 e. The Balaban J connectivity index is 1.57. The van der Waals surface area contributed by atoms with Crippen molar-refractivity contribution in [2.45, 2.75) is 29.6 Å². The number of ether oxygens (including phenoxy) is 1. The van der Waals surface area contributed by atoms with Gasteiger partial charge in [0.05, 0.1) is 18.7 Å². The quantitative estimate of drug-likeness (QED) is 0.587. The summed E-state index contributed by atoms with van der Waals surface area (Å²) in [5.41, 5.74) is 3.24. The van der Waals surface area contributed by atoms with E-state index < -0.39 is 10.0 Å². The Bertz CT molecular complexity index is 1340. The fourth-order valence-corrected chi connectivity index (χ4v) is 5.64. The van der Waals surface area contributed by atoms with E-state index in [2.05, 4.69) is 31.9 Å². The monoisotopic (exact) mass is 485 g/mol. The predicted octanol–water partition coefficient (Wildman–Crippen LogP) is 4.37. The van der Waals surface area contributed by atoms with E-state index in [0.717, 1.165) is 28.4 Å². The standard InChI is InChI=1S/C21H16BrN3O4S/c1-28-17-8-12(11-23)2-5-18(17)30(26,27)25-20-15-10-21(6-7-21)16-4-3-13(22)9-14(16)19(15)29-24-20/h2-5,8-9H,6-7,10H2,1H3,(H,24,25). The van der Waals surface area contributed by atoms with E-state index in [0.29, 0.717) is 17.7 Å². The highest BCUT2D eigenvalue weighted by atomic mass is 79.9. The average molecular weight is 486 g/mol. The lowest BCUT2D eigenvalue weighted by atomic mass is 9.79. The van der Waals surface area contributed by atoms with Crippen LogP contribution in [-0.2, 0) is 21.9 Å². The van der Waals surface area contributed by atoms with Gasteiger partial charge in [0.25, 0.3) is 10.0 Å². The number of anilines is 1. The largest absolute Gasteiger partial charge is 0.495 e. The highest BCUT2D eigenvalue weighted by Crippen LogP contribution is 2.58. The zero-order valence-corrected chi connectivity index (χ0v) is 18.3. The molecule has 1 spiro atoms.